The highest BCUT2D eigenvalue weighted by Gasteiger charge is 2.44. The van der Waals surface area contributed by atoms with Gasteiger partial charge in [0.25, 0.3) is 0 Å². The van der Waals surface area contributed by atoms with Crippen molar-refractivity contribution in [2.24, 2.45) is 0 Å². The first-order valence-corrected chi connectivity index (χ1v) is 7.38. The monoisotopic (exact) mass is 306 g/mol. The maximum atomic E-state index is 11.5. The number of benzene rings is 1. The van der Waals surface area contributed by atoms with Gasteiger partial charge in [0.2, 0.25) is 5.12 Å². The number of rotatable bonds is 5. The molecular weight excluding hydrogens is 295 g/mol. The van der Waals surface area contributed by atoms with Crippen LogP contribution in [0.1, 0.15) is 11.5 Å². The molecule has 0 fully saturated rings. The van der Waals surface area contributed by atoms with Crippen LogP contribution < -0.4 is 0 Å². The Morgan fingerprint density at radius 2 is 1.56 bits per heavy atom. The Morgan fingerprint density at radius 3 is 1.89 bits per heavy atom. The summed E-state index contributed by atoms with van der Waals surface area (Å²) in [5.41, 5.74) is -1.51. The topological polar surface area (TPSA) is 91.7 Å². The molecule has 0 aliphatic carbocycles. The molecule has 0 heterocycles. The molecule has 1 rings (SSSR count). The molecule has 18 heavy (non-hydrogen) atoms. The van der Waals surface area contributed by atoms with Crippen LogP contribution >= 0.6 is 32.9 Å². The van der Waals surface area contributed by atoms with Crippen LogP contribution in [-0.2, 0) is 14.2 Å². The lowest BCUT2D eigenvalue weighted by Gasteiger charge is -2.23. The van der Waals surface area contributed by atoms with E-state index >= 15 is 0 Å². The van der Waals surface area contributed by atoms with Gasteiger partial charge in [-0.15, -0.1) is 25.3 Å². The molecule has 0 amide bonds. The number of carbonyl (C=O) groups is 2. The second-order valence-electron chi connectivity index (χ2n) is 3.60. The van der Waals surface area contributed by atoms with E-state index < -0.39 is 29.4 Å². The summed E-state index contributed by atoms with van der Waals surface area (Å²) in [6.07, 6.45) is 0. The second kappa shape index (κ2) is 6.04. The molecule has 0 saturated heterocycles. The predicted octanol–water partition coefficient (Wildman–Crippen LogP) is 1.23. The van der Waals surface area contributed by atoms with E-state index in [2.05, 4.69) is 25.3 Å². The molecule has 2 unspecified atom stereocenters. The molecule has 2 atom stereocenters. The summed E-state index contributed by atoms with van der Waals surface area (Å²) in [6, 6.07) is 7.87. The fraction of sp³-hybridized carbons (Fsp3) is 0.200. The Balaban J connectivity index is 3.32. The molecule has 0 radical (unpaired) electrons. The molecule has 98 valence electrons. The van der Waals surface area contributed by atoms with E-state index in [4.69, 9.17) is 0 Å². The molecule has 5 nitrogen and oxygen atoms in total. The molecule has 8 heteroatoms. The van der Waals surface area contributed by atoms with Crippen molar-refractivity contribution < 1.29 is 23.9 Å². The largest absolute Gasteiger partial charge is 0.338 e. The summed E-state index contributed by atoms with van der Waals surface area (Å²) < 4.78 is 11.3. The summed E-state index contributed by atoms with van der Waals surface area (Å²) in [5.74, 6) is -1.32. The third-order valence-electron chi connectivity index (χ3n) is 2.36. The minimum atomic E-state index is -4.80. The van der Waals surface area contributed by atoms with Crippen LogP contribution in [0.3, 0.4) is 0 Å². The van der Waals surface area contributed by atoms with Crippen molar-refractivity contribution in [2.45, 2.75) is 11.6 Å². The lowest BCUT2D eigenvalue weighted by Crippen LogP contribution is -2.29. The Morgan fingerprint density at radius 1 is 1.06 bits per heavy atom. The zero-order valence-corrected chi connectivity index (χ0v) is 11.7. The van der Waals surface area contributed by atoms with Gasteiger partial charge < -0.3 is 9.79 Å². The maximum absolute atomic E-state index is 11.5. The average Bonchev–Trinajstić information content (AvgIpc) is 2.24. The van der Waals surface area contributed by atoms with Crippen molar-refractivity contribution in [3.63, 3.8) is 0 Å². The summed E-state index contributed by atoms with van der Waals surface area (Å²) in [6.45, 7) is 0. The standard InChI is InChI=1S/C10H11O5PS2/c11-9(17)7(6-4-2-1-3-5-6)8(10(12)18)16(13,14)15/h1-5,7-8H,(H,11,17)(H,12,18)(H2,13,14,15). The highest BCUT2D eigenvalue weighted by molar-refractivity contribution is 7.98. The normalized spacial score (nSPS) is 14.9. The molecule has 0 bridgehead atoms. The summed E-state index contributed by atoms with van der Waals surface area (Å²) >= 11 is 7.06. The minimum Gasteiger partial charge on any atom is -0.324 e. The average molecular weight is 306 g/mol. The van der Waals surface area contributed by atoms with Gasteiger partial charge in [-0.1, -0.05) is 30.3 Å². The quantitative estimate of drug-likeness (QED) is 0.485. The first-order chi connectivity index (χ1) is 8.25. The van der Waals surface area contributed by atoms with Crippen LogP contribution in [-0.4, -0.2) is 25.7 Å². The van der Waals surface area contributed by atoms with E-state index in [-0.39, 0.29) is 0 Å². The van der Waals surface area contributed by atoms with Crippen LogP contribution in [0.25, 0.3) is 0 Å². The smallest absolute Gasteiger partial charge is 0.324 e. The summed E-state index contributed by atoms with van der Waals surface area (Å²) in [4.78, 5) is 41.1. The zero-order valence-electron chi connectivity index (χ0n) is 9.00. The number of carbonyl (C=O) groups excluding carboxylic acids is 2. The molecule has 1 aromatic rings. The molecule has 0 aliphatic rings. The van der Waals surface area contributed by atoms with E-state index in [1.165, 1.54) is 12.1 Å². The first-order valence-electron chi connectivity index (χ1n) is 4.81. The van der Waals surface area contributed by atoms with Crippen LogP contribution in [0.4, 0.5) is 0 Å². The predicted molar refractivity (Wildman–Crippen MR) is 73.0 cm³/mol. The van der Waals surface area contributed by atoms with Crippen LogP contribution in [0.15, 0.2) is 30.3 Å². The Labute approximate surface area is 115 Å². The third-order valence-corrected chi connectivity index (χ3v) is 4.37. The molecule has 0 spiro atoms. The SMILES string of the molecule is O=C(S)C(c1ccccc1)C(C(=O)S)P(=O)(O)O. The number of thiol groups is 2. The highest BCUT2D eigenvalue weighted by atomic mass is 32.1. The van der Waals surface area contributed by atoms with E-state index in [9.17, 15) is 23.9 Å². The zero-order chi connectivity index (χ0) is 13.9. The van der Waals surface area contributed by atoms with Gasteiger partial charge in [0.15, 0.2) is 5.12 Å². The van der Waals surface area contributed by atoms with Gasteiger partial charge in [-0.2, -0.15) is 0 Å². The van der Waals surface area contributed by atoms with Crippen molar-refractivity contribution in [1.29, 1.82) is 0 Å². The maximum Gasteiger partial charge on any atom is 0.338 e. The molecule has 0 saturated carbocycles. The minimum absolute atomic E-state index is 0.313. The van der Waals surface area contributed by atoms with Crippen molar-refractivity contribution in [1.82, 2.24) is 0 Å². The molecule has 0 aliphatic heterocycles. The van der Waals surface area contributed by atoms with Crippen LogP contribution in [0.2, 0.25) is 0 Å². The second-order valence-corrected chi connectivity index (χ2v) is 6.21. The van der Waals surface area contributed by atoms with Gasteiger partial charge in [-0.3, -0.25) is 14.2 Å². The molecule has 2 N–H and O–H groups in total. The number of hydrogen-bond acceptors (Lipinski definition) is 3. The van der Waals surface area contributed by atoms with E-state index in [0.717, 1.165) is 0 Å². The van der Waals surface area contributed by atoms with Crippen LogP contribution in [0, 0.1) is 0 Å². The van der Waals surface area contributed by atoms with Gasteiger partial charge >= 0.3 is 7.60 Å². The van der Waals surface area contributed by atoms with Gasteiger partial charge in [0.1, 0.15) is 5.66 Å². The van der Waals surface area contributed by atoms with Crippen molar-refractivity contribution in [2.75, 3.05) is 0 Å². The Kier molecular flexibility index (Phi) is 5.19. The number of hydrogen-bond donors (Lipinski definition) is 4. The van der Waals surface area contributed by atoms with Crippen molar-refractivity contribution in [3.8, 4) is 0 Å². The van der Waals surface area contributed by atoms with E-state index in [1.807, 2.05) is 0 Å². The van der Waals surface area contributed by atoms with Crippen LogP contribution in [0.5, 0.6) is 0 Å². The van der Waals surface area contributed by atoms with E-state index in [1.54, 1.807) is 18.2 Å². The lowest BCUT2D eigenvalue weighted by molar-refractivity contribution is -0.116. The third kappa shape index (κ3) is 3.70. The van der Waals surface area contributed by atoms with Gasteiger partial charge in [-0.25, -0.2) is 0 Å². The fourth-order valence-corrected chi connectivity index (χ4v) is 3.60. The van der Waals surface area contributed by atoms with E-state index in [0.29, 0.717) is 5.56 Å². The molecule has 1 aromatic carbocycles. The Bertz CT molecular complexity index is 498. The van der Waals surface area contributed by atoms with Gasteiger partial charge in [0, 0.05) is 0 Å². The van der Waals surface area contributed by atoms with Gasteiger partial charge in [0.05, 0.1) is 5.92 Å². The first kappa shape index (κ1) is 15.5. The Hall–Kier alpha value is -0.590. The van der Waals surface area contributed by atoms with Gasteiger partial charge in [-0.05, 0) is 5.56 Å². The molecule has 0 aromatic heterocycles. The van der Waals surface area contributed by atoms with Crippen molar-refractivity contribution >= 4 is 43.1 Å². The van der Waals surface area contributed by atoms with Crippen molar-refractivity contribution in [3.05, 3.63) is 35.9 Å². The molecular formula is C10H11O5PS2. The summed E-state index contributed by atoms with van der Waals surface area (Å²) in [7, 11) is -4.80. The summed E-state index contributed by atoms with van der Waals surface area (Å²) in [5, 5.41) is -1.84. The lowest BCUT2D eigenvalue weighted by atomic mass is 9.97. The fourth-order valence-electron chi connectivity index (χ4n) is 1.60. The highest BCUT2D eigenvalue weighted by Crippen LogP contribution is 2.49.